The highest BCUT2D eigenvalue weighted by Crippen LogP contribution is 2.28. The van der Waals surface area contributed by atoms with Crippen LogP contribution in [-0.4, -0.2) is 46.5 Å². The first kappa shape index (κ1) is 22.7. The third-order valence-corrected chi connectivity index (χ3v) is 4.78. The van der Waals surface area contributed by atoms with Crippen LogP contribution in [0.3, 0.4) is 0 Å². The summed E-state index contributed by atoms with van der Waals surface area (Å²) in [6, 6.07) is 3.23. The van der Waals surface area contributed by atoms with E-state index < -0.39 is 35.9 Å². The van der Waals surface area contributed by atoms with Crippen molar-refractivity contribution in [3.63, 3.8) is 0 Å². The molecule has 0 spiro atoms. The highest BCUT2D eigenvalue weighted by Gasteiger charge is 2.39. The molecule has 0 saturated carbocycles. The lowest BCUT2D eigenvalue weighted by molar-refractivity contribution is 0.142. The summed E-state index contributed by atoms with van der Waals surface area (Å²) in [6.07, 6.45) is -0.867. The number of cyclic esters (lactones) is 1. The number of anilines is 2. The second kappa shape index (κ2) is 9.42. The number of nitrogens with one attached hydrogen (secondary N) is 1. The summed E-state index contributed by atoms with van der Waals surface area (Å²) in [6.45, 7) is 7.55. The number of halogens is 2. The summed E-state index contributed by atoms with van der Waals surface area (Å²) in [5.41, 5.74) is 0.341. The van der Waals surface area contributed by atoms with E-state index in [0.29, 0.717) is 23.8 Å². The molecule has 0 bridgehead atoms. The minimum absolute atomic E-state index is 0.00697. The van der Waals surface area contributed by atoms with Crippen LogP contribution in [0.15, 0.2) is 24.4 Å². The number of ether oxygens (including phenoxy) is 2. The number of benzene rings is 1. The van der Waals surface area contributed by atoms with Crippen molar-refractivity contribution in [3.05, 3.63) is 41.6 Å². The fourth-order valence-corrected chi connectivity index (χ4v) is 3.11. The number of aliphatic hydroxyl groups is 1. The fourth-order valence-electron chi connectivity index (χ4n) is 3.11. The molecule has 1 aromatic heterocycles. The van der Waals surface area contributed by atoms with Gasteiger partial charge in [-0.15, -0.1) is 0 Å². The van der Waals surface area contributed by atoms with Gasteiger partial charge in [0.25, 0.3) is 0 Å². The zero-order valence-electron chi connectivity index (χ0n) is 17.8. The smallest absolute Gasteiger partial charge is 0.416 e. The maximum atomic E-state index is 14.6. The van der Waals surface area contributed by atoms with Crippen molar-refractivity contribution in [2.45, 2.75) is 45.9 Å². The molecule has 0 unspecified atom stereocenters. The van der Waals surface area contributed by atoms with Gasteiger partial charge in [-0.25, -0.2) is 23.5 Å². The molecule has 0 aliphatic carbocycles. The topological polar surface area (TPSA) is 96.8 Å². The van der Waals surface area contributed by atoms with Crippen LogP contribution in [0, 0.1) is 17.6 Å². The van der Waals surface area contributed by atoms with Gasteiger partial charge in [-0.3, -0.25) is 0 Å². The predicted octanol–water partition coefficient (Wildman–Crippen LogP) is 3.67. The third kappa shape index (κ3) is 5.19. The lowest BCUT2D eigenvalue weighted by Gasteiger charge is -2.23. The molecule has 2 aromatic rings. The van der Waals surface area contributed by atoms with E-state index in [0.717, 1.165) is 11.1 Å². The Hall–Kier alpha value is -3.01. The summed E-state index contributed by atoms with van der Waals surface area (Å²) in [5, 5.41) is 12.8. The van der Waals surface area contributed by atoms with Crippen molar-refractivity contribution >= 4 is 17.9 Å². The van der Waals surface area contributed by atoms with Crippen molar-refractivity contribution in [2.75, 3.05) is 23.4 Å². The van der Waals surface area contributed by atoms with Crippen molar-refractivity contribution in [2.24, 2.45) is 5.92 Å². The third-order valence-electron chi connectivity index (χ3n) is 4.78. The van der Waals surface area contributed by atoms with E-state index >= 15 is 0 Å². The van der Waals surface area contributed by atoms with Gasteiger partial charge in [0.05, 0.1) is 24.9 Å². The van der Waals surface area contributed by atoms with Gasteiger partial charge in [-0.05, 0) is 25.8 Å². The number of amides is 1. The van der Waals surface area contributed by atoms with Crippen molar-refractivity contribution in [3.8, 4) is 5.75 Å². The monoisotopic (exact) mass is 436 g/mol. The van der Waals surface area contributed by atoms with E-state index in [1.807, 2.05) is 13.8 Å². The van der Waals surface area contributed by atoms with Gasteiger partial charge in [0.1, 0.15) is 24.2 Å². The van der Waals surface area contributed by atoms with Gasteiger partial charge in [0.2, 0.25) is 5.95 Å². The predicted molar refractivity (Wildman–Crippen MR) is 110 cm³/mol. The molecule has 2 N–H and O–H groups in total. The maximum absolute atomic E-state index is 14.6. The Kier molecular flexibility index (Phi) is 6.89. The Bertz CT molecular complexity index is 942. The minimum atomic E-state index is -0.957. The Morgan fingerprint density at radius 3 is 2.68 bits per heavy atom. The minimum Gasteiger partial charge on any atom is -0.493 e. The molecule has 1 amide bonds. The standard InChI is InChI=1S/C21H26F2N4O4/c1-11(2)9-30-14-5-6-15(16(22)7-14)12(3)25-20-24-8-17(23)19(26-20)27-18(13(4)28)10-31-21(27)29/h5-8,11-13,18,28H,9-10H2,1-4H3,(H,24,25,26)/t12-,13+,18+/m0/s1. The van der Waals surface area contributed by atoms with Gasteiger partial charge in [-0.1, -0.05) is 19.9 Å². The zero-order chi connectivity index (χ0) is 22.7. The zero-order valence-corrected chi connectivity index (χ0v) is 17.8. The summed E-state index contributed by atoms with van der Waals surface area (Å²) in [5.74, 6) is -0.904. The molecule has 1 aromatic carbocycles. The average molecular weight is 436 g/mol. The van der Waals surface area contributed by atoms with Crippen LogP contribution in [0.5, 0.6) is 5.75 Å². The van der Waals surface area contributed by atoms with Crippen LogP contribution < -0.4 is 15.0 Å². The fraction of sp³-hybridized carbons (Fsp3) is 0.476. The van der Waals surface area contributed by atoms with Crippen LogP contribution in [-0.2, 0) is 4.74 Å². The summed E-state index contributed by atoms with van der Waals surface area (Å²) in [4.78, 5) is 21.0. The number of rotatable bonds is 8. The van der Waals surface area contributed by atoms with Gasteiger partial charge in [-0.2, -0.15) is 4.98 Å². The molecule has 1 aliphatic heterocycles. The normalized spacial score (nSPS) is 18.1. The number of carbonyl (C=O) groups is 1. The number of aliphatic hydroxyl groups excluding tert-OH is 1. The van der Waals surface area contributed by atoms with Gasteiger partial charge in [0, 0.05) is 11.6 Å². The molecule has 1 aliphatic rings. The van der Waals surface area contributed by atoms with Gasteiger partial charge in [0.15, 0.2) is 11.6 Å². The molecule has 3 atom stereocenters. The van der Waals surface area contributed by atoms with Crippen LogP contribution in [0.4, 0.5) is 25.3 Å². The first-order valence-corrected chi connectivity index (χ1v) is 10.0. The van der Waals surface area contributed by atoms with Crippen molar-refractivity contribution in [1.82, 2.24) is 9.97 Å². The Morgan fingerprint density at radius 2 is 2.03 bits per heavy atom. The number of hydrogen-bond donors (Lipinski definition) is 2. The molecule has 2 heterocycles. The van der Waals surface area contributed by atoms with E-state index in [9.17, 15) is 18.7 Å². The molecule has 0 radical (unpaired) electrons. The lowest BCUT2D eigenvalue weighted by atomic mass is 10.1. The molecule has 168 valence electrons. The second-order valence-electron chi connectivity index (χ2n) is 7.87. The van der Waals surface area contributed by atoms with Crippen LogP contribution in [0.1, 0.15) is 39.3 Å². The first-order chi connectivity index (χ1) is 14.7. The molecular weight excluding hydrogens is 410 g/mol. The quantitative estimate of drug-likeness (QED) is 0.652. The van der Waals surface area contributed by atoms with E-state index in [1.54, 1.807) is 19.1 Å². The number of nitrogens with zero attached hydrogens (tertiary/aromatic N) is 3. The SMILES string of the molecule is CC(C)COc1ccc([C@H](C)Nc2ncc(F)c(N3C(=O)OC[C@@H]3[C@@H](C)O)n2)c(F)c1. The Balaban J connectivity index is 1.79. The highest BCUT2D eigenvalue weighted by atomic mass is 19.1. The largest absolute Gasteiger partial charge is 0.493 e. The van der Waals surface area contributed by atoms with Crippen molar-refractivity contribution < 1.29 is 28.2 Å². The molecule has 10 heteroatoms. The highest BCUT2D eigenvalue weighted by molar-refractivity contribution is 5.89. The molecule has 3 rings (SSSR count). The van der Waals surface area contributed by atoms with Crippen LogP contribution >= 0.6 is 0 Å². The molecule has 8 nitrogen and oxygen atoms in total. The summed E-state index contributed by atoms with van der Waals surface area (Å²) in [7, 11) is 0. The van der Waals surface area contributed by atoms with E-state index in [4.69, 9.17) is 9.47 Å². The molecular formula is C21H26F2N4O4. The van der Waals surface area contributed by atoms with E-state index in [-0.39, 0.29) is 18.4 Å². The Morgan fingerprint density at radius 1 is 1.29 bits per heavy atom. The number of carbonyl (C=O) groups excluding carboxylic acids is 1. The summed E-state index contributed by atoms with van der Waals surface area (Å²) < 4.78 is 39.4. The van der Waals surface area contributed by atoms with Crippen LogP contribution in [0.25, 0.3) is 0 Å². The second-order valence-corrected chi connectivity index (χ2v) is 7.87. The summed E-state index contributed by atoms with van der Waals surface area (Å²) >= 11 is 0. The number of hydrogen-bond acceptors (Lipinski definition) is 7. The average Bonchev–Trinajstić information content (AvgIpc) is 3.09. The first-order valence-electron chi connectivity index (χ1n) is 10.0. The molecule has 1 saturated heterocycles. The van der Waals surface area contributed by atoms with Gasteiger partial charge < -0.3 is 19.9 Å². The lowest BCUT2D eigenvalue weighted by Crippen LogP contribution is -2.42. The maximum Gasteiger partial charge on any atom is 0.416 e. The Labute approximate surface area is 179 Å². The molecule has 31 heavy (non-hydrogen) atoms. The van der Waals surface area contributed by atoms with E-state index in [1.165, 1.54) is 13.0 Å². The van der Waals surface area contributed by atoms with E-state index in [2.05, 4.69) is 15.3 Å². The number of aromatic nitrogens is 2. The van der Waals surface area contributed by atoms with Crippen LogP contribution in [0.2, 0.25) is 0 Å². The van der Waals surface area contributed by atoms with Crippen molar-refractivity contribution in [1.29, 1.82) is 0 Å². The van der Waals surface area contributed by atoms with Gasteiger partial charge >= 0.3 is 6.09 Å². The molecule has 1 fully saturated rings.